The van der Waals surface area contributed by atoms with E-state index in [0.29, 0.717) is 48.2 Å². The fraction of sp³-hybridized carbons (Fsp3) is 0.286. The first-order chi connectivity index (χ1) is 13.0. The normalized spacial score (nSPS) is 13.9. The summed E-state index contributed by atoms with van der Waals surface area (Å²) in [5, 5.41) is 11.8. The second kappa shape index (κ2) is 8.12. The fourth-order valence-corrected chi connectivity index (χ4v) is 3.54. The molecule has 1 fully saturated rings. The molecule has 1 aromatic carbocycles. The summed E-state index contributed by atoms with van der Waals surface area (Å²) in [4.78, 5) is 22.8. The summed E-state index contributed by atoms with van der Waals surface area (Å²) in [6.45, 7) is 1.03. The molecule has 1 saturated heterocycles. The van der Waals surface area contributed by atoms with Gasteiger partial charge in [0.25, 0.3) is 0 Å². The van der Waals surface area contributed by atoms with Crippen molar-refractivity contribution in [2.45, 2.75) is 26.4 Å². The monoisotopic (exact) mass is 398 g/mol. The summed E-state index contributed by atoms with van der Waals surface area (Å²) < 4.78 is 0. The number of Topliss-reactive ketones (excluding diaryl/α,β-unsaturated/α-hetero) is 1. The molecule has 0 amide bonds. The van der Waals surface area contributed by atoms with Crippen molar-refractivity contribution in [2.24, 2.45) is 0 Å². The third-order valence-electron chi connectivity index (χ3n) is 4.81. The van der Waals surface area contributed by atoms with E-state index >= 15 is 0 Å². The number of nitrogens with zero attached hydrogens (tertiary/aromatic N) is 3. The highest BCUT2D eigenvalue weighted by atomic mass is 35.5. The number of hydrogen-bond acceptors (Lipinski definition) is 6. The average molecular weight is 399 g/mol. The lowest BCUT2D eigenvalue weighted by atomic mass is 10.0. The fourth-order valence-electron chi connectivity index (χ4n) is 3.25. The summed E-state index contributed by atoms with van der Waals surface area (Å²) in [5.41, 5.74) is 7.43. The SMILES string of the molecule is C.Nc1nccc2cc(CCC(=O)c3cnc(N4CC(O)C4)c(Cl)c3)ccc12. The number of carbonyl (C=O) groups is 1. The minimum absolute atomic E-state index is 0. The number of aliphatic hydroxyl groups is 1. The van der Waals surface area contributed by atoms with Gasteiger partial charge in [-0.25, -0.2) is 9.97 Å². The van der Waals surface area contributed by atoms with Gasteiger partial charge >= 0.3 is 0 Å². The molecule has 0 radical (unpaired) electrons. The van der Waals surface area contributed by atoms with Gasteiger partial charge in [-0.15, -0.1) is 0 Å². The largest absolute Gasteiger partial charge is 0.389 e. The number of anilines is 2. The molecule has 2 aromatic heterocycles. The van der Waals surface area contributed by atoms with E-state index in [1.54, 1.807) is 18.5 Å². The predicted octanol–water partition coefficient (Wildman–Crippen LogP) is 3.50. The number of fused-ring (bicyclic) bond motifs is 1. The van der Waals surface area contributed by atoms with Crippen molar-refractivity contribution in [1.29, 1.82) is 0 Å². The van der Waals surface area contributed by atoms with Gasteiger partial charge in [-0.3, -0.25) is 4.79 Å². The molecule has 0 saturated carbocycles. The molecule has 0 bridgehead atoms. The van der Waals surface area contributed by atoms with Gasteiger partial charge < -0.3 is 15.7 Å². The van der Waals surface area contributed by atoms with Crippen LogP contribution in [0.4, 0.5) is 11.6 Å². The number of pyridine rings is 2. The van der Waals surface area contributed by atoms with E-state index in [2.05, 4.69) is 9.97 Å². The molecule has 0 aliphatic carbocycles. The first-order valence-corrected chi connectivity index (χ1v) is 9.14. The van der Waals surface area contributed by atoms with Crippen LogP contribution in [0.1, 0.15) is 29.8 Å². The zero-order chi connectivity index (χ0) is 19.0. The molecule has 146 valence electrons. The molecule has 4 rings (SSSR count). The van der Waals surface area contributed by atoms with E-state index < -0.39 is 0 Å². The number of aryl methyl sites for hydroxylation is 1. The van der Waals surface area contributed by atoms with Crippen LogP contribution in [-0.2, 0) is 6.42 Å². The van der Waals surface area contributed by atoms with Crippen molar-refractivity contribution in [3.8, 4) is 0 Å². The molecule has 7 heteroatoms. The van der Waals surface area contributed by atoms with Gasteiger partial charge in [0.1, 0.15) is 11.6 Å². The topological polar surface area (TPSA) is 92.3 Å². The lowest BCUT2D eigenvalue weighted by molar-refractivity contribution is 0.0982. The van der Waals surface area contributed by atoms with Crippen molar-refractivity contribution < 1.29 is 9.90 Å². The van der Waals surface area contributed by atoms with Crippen LogP contribution in [-0.4, -0.2) is 40.1 Å². The van der Waals surface area contributed by atoms with E-state index in [9.17, 15) is 9.90 Å². The first kappa shape index (κ1) is 20.0. The Kier molecular flexibility index (Phi) is 5.82. The Labute approximate surface area is 169 Å². The van der Waals surface area contributed by atoms with Crippen LogP contribution in [0.2, 0.25) is 5.02 Å². The third-order valence-corrected chi connectivity index (χ3v) is 5.08. The molecular weight excluding hydrogens is 376 g/mol. The van der Waals surface area contributed by atoms with E-state index in [4.69, 9.17) is 17.3 Å². The number of nitrogen functional groups attached to an aromatic ring is 1. The van der Waals surface area contributed by atoms with Gasteiger partial charge in [0.05, 0.1) is 11.1 Å². The molecule has 3 aromatic rings. The number of benzene rings is 1. The Hall–Kier alpha value is -2.70. The van der Waals surface area contributed by atoms with Gasteiger partial charge in [0.15, 0.2) is 5.78 Å². The minimum Gasteiger partial charge on any atom is -0.389 e. The van der Waals surface area contributed by atoms with Crippen molar-refractivity contribution in [2.75, 3.05) is 23.7 Å². The van der Waals surface area contributed by atoms with Crippen LogP contribution in [0.25, 0.3) is 10.8 Å². The second-order valence-corrected chi connectivity index (χ2v) is 7.17. The zero-order valence-electron chi connectivity index (χ0n) is 14.6. The van der Waals surface area contributed by atoms with Crippen molar-refractivity contribution in [3.63, 3.8) is 0 Å². The van der Waals surface area contributed by atoms with Gasteiger partial charge in [-0.05, 0) is 29.5 Å². The van der Waals surface area contributed by atoms with Crippen molar-refractivity contribution in [3.05, 3.63) is 58.9 Å². The minimum atomic E-state index is -0.336. The number of halogens is 1. The lowest BCUT2D eigenvalue weighted by Crippen LogP contribution is -2.51. The number of ketones is 1. The second-order valence-electron chi connectivity index (χ2n) is 6.76. The highest BCUT2D eigenvalue weighted by molar-refractivity contribution is 6.33. The molecule has 3 heterocycles. The summed E-state index contributed by atoms with van der Waals surface area (Å²) in [6.07, 6.45) is 3.89. The highest BCUT2D eigenvalue weighted by Crippen LogP contribution is 2.28. The molecular formula is C21H23ClN4O2. The van der Waals surface area contributed by atoms with E-state index in [-0.39, 0.29) is 19.3 Å². The Morgan fingerprint density at radius 1 is 1.25 bits per heavy atom. The number of nitrogens with two attached hydrogens (primary N) is 1. The van der Waals surface area contributed by atoms with Crippen LogP contribution >= 0.6 is 11.6 Å². The molecule has 6 nitrogen and oxygen atoms in total. The standard InChI is InChI=1S/C20H19ClN4O2.CH4/c21-17-8-14(9-24-20(17)25-10-15(26)11-25)18(27)4-2-12-1-3-16-13(7-12)5-6-23-19(16)22;/h1,3,5-9,15,26H,2,4,10-11H2,(H2,22,23);1H4. The lowest BCUT2D eigenvalue weighted by Gasteiger charge is -2.37. The number of aromatic nitrogens is 2. The number of aliphatic hydroxyl groups excluding tert-OH is 1. The number of rotatable bonds is 5. The third kappa shape index (κ3) is 3.93. The Morgan fingerprint density at radius 3 is 2.75 bits per heavy atom. The zero-order valence-corrected chi connectivity index (χ0v) is 15.4. The molecule has 1 aliphatic rings. The number of hydrogen-bond donors (Lipinski definition) is 2. The van der Waals surface area contributed by atoms with E-state index in [1.165, 1.54) is 0 Å². The maximum atomic E-state index is 12.5. The van der Waals surface area contributed by atoms with Gasteiger partial charge in [-0.1, -0.05) is 37.2 Å². The molecule has 0 atom stereocenters. The number of β-amino-alcohol motifs (C(OH)–C–C–N with tert-alkyl or cyclic N) is 1. The molecule has 0 spiro atoms. The predicted molar refractivity (Wildman–Crippen MR) is 113 cm³/mol. The van der Waals surface area contributed by atoms with Gasteiger partial charge in [0, 0.05) is 42.9 Å². The van der Waals surface area contributed by atoms with Crippen molar-refractivity contribution in [1.82, 2.24) is 9.97 Å². The number of carbonyl (C=O) groups excluding carboxylic acids is 1. The molecule has 0 unspecified atom stereocenters. The van der Waals surface area contributed by atoms with Gasteiger partial charge in [-0.2, -0.15) is 0 Å². The molecule has 28 heavy (non-hydrogen) atoms. The Morgan fingerprint density at radius 2 is 2.04 bits per heavy atom. The van der Waals surface area contributed by atoms with Crippen LogP contribution in [0, 0.1) is 0 Å². The first-order valence-electron chi connectivity index (χ1n) is 8.76. The summed E-state index contributed by atoms with van der Waals surface area (Å²) in [5.74, 6) is 1.11. The summed E-state index contributed by atoms with van der Waals surface area (Å²) in [6, 6.07) is 9.50. The van der Waals surface area contributed by atoms with Gasteiger partial charge in [0.2, 0.25) is 0 Å². The summed E-state index contributed by atoms with van der Waals surface area (Å²) in [7, 11) is 0. The van der Waals surface area contributed by atoms with Crippen LogP contribution < -0.4 is 10.6 Å². The smallest absolute Gasteiger partial charge is 0.164 e. The maximum Gasteiger partial charge on any atom is 0.164 e. The summed E-state index contributed by atoms with van der Waals surface area (Å²) >= 11 is 6.27. The highest BCUT2D eigenvalue weighted by Gasteiger charge is 2.27. The Balaban J connectivity index is 0.00000225. The van der Waals surface area contributed by atoms with E-state index in [1.807, 2.05) is 29.2 Å². The Bertz CT molecular complexity index is 1020. The van der Waals surface area contributed by atoms with Crippen LogP contribution in [0.3, 0.4) is 0 Å². The van der Waals surface area contributed by atoms with Crippen molar-refractivity contribution >= 4 is 39.8 Å². The quantitative estimate of drug-likeness (QED) is 0.639. The van der Waals surface area contributed by atoms with Crippen LogP contribution in [0.5, 0.6) is 0 Å². The van der Waals surface area contributed by atoms with Crippen LogP contribution in [0.15, 0.2) is 42.7 Å². The molecule has 1 aliphatic heterocycles. The average Bonchev–Trinajstić information content (AvgIpc) is 2.64. The maximum absolute atomic E-state index is 12.5. The van der Waals surface area contributed by atoms with E-state index in [0.717, 1.165) is 16.3 Å². The molecule has 3 N–H and O–H groups in total.